The van der Waals surface area contributed by atoms with Crippen LogP contribution < -0.4 is 5.32 Å². The lowest BCUT2D eigenvalue weighted by Gasteiger charge is -2.15. The number of ether oxygens (including phenoxy) is 1. The highest BCUT2D eigenvalue weighted by Crippen LogP contribution is 2.25. The van der Waals surface area contributed by atoms with Gasteiger partial charge in [0.15, 0.2) is 6.61 Å². The van der Waals surface area contributed by atoms with Crippen molar-refractivity contribution in [3.05, 3.63) is 71.0 Å². The molecule has 152 valence electrons. The van der Waals surface area contributed by atoms with E-state index in [9.17, 15) is 9.59 Å². The van der Waals surface area contributed by atoms with Crippen molar-refractivity contribution in [2.75, 3.05) is 6.61 Å². The van der Waals surface area contributed by atoms with Crippen LogP contribution in [0.3, 0.4) is 0 Å². The van der Waals surface area contributed by atoms with E-state index in [2.05, 4.69) is 31.3 Å². The smallest absolute Gasteiger partial charge is 0.375 e. The highest BCUT2D eigenvalue weighted by molar-refractivity contribution is 5.96. The summed E-state index contributed by atoms with van der Waals surface area (Å²) in [7, 11) is 0. The summed E-state index contributed by atoms with van der Waals surface area (Å²) >= 11 is 0. The molecule has 5 heteroatoms. The molecule has 29 heavy (non-hydrogen) atoms. The molecule has 1 heterocycles. The predicted molar refractivity (Wildman–Crippen MR) is 113 cm³/mol. The third kappa shape index (κ3) is 5.05. The number of carbonyl (C=O) groups excluding carboxylic acids is 2. The minimum absolute atomic E-state index is 0.132. The molecule has 1 N–H and O–H groups in total. The van der Waals surface area contributed by atoms with Gasteiger partial charge in [-0.2, -0.15) is 0 Å². The van der Waals surface area contributed by atoms with Crippen LogP contribution in [0.25, 0.3) is 11.0 Å². The SMILES string of the molecule is Cc1c(C(=O)OCC(=O)N[C@H](C)c2ccc(CC(C)C)cc2)oc2ccccc12. The van der Waals surface area contributed by atoms with Crippen LogP contribution in [-0.4, -0.2) is 18.5 Å². The molecule has 0 radical (unpaired) electrons. The predicted octanol–water partition coefficient (Wildman–Crippen LogP) is 4.97. The topological polar surface area (TPSA) is 68.5 Å². The maximum absolute atomic E-state index is 12.3. The van der Waals surface area contributed by atoms with E-state index in [-0.39, 0.29) is 24.3 Å². The van der Waals surface area contributed by atoms with Gasteiger partial charge in [-0.05, 0) is 43.4 Å². The zero-order chi connectivity index (χ0) is 21.0. The van der Waals surface area contributed by atoms with Crippen molar-refractivity contribution in [2.45, 2.75) is 40.2 Å². The lowest BCUT2D eigenvalue weighted by molar-refractivity contribution is -0.124. The Labute approximate surface area is 171 Å². The lowest BCUT2D eigenvalue weighted by Crippen LogP contribution is -2.31. The van der Waals surface area contributed by atoms with Gasteiger partial charge in [-0.3, -0.25) is 4.79 Å². The number of carbonyl (C=O) groups is 2. The summed E-state index contributed by atoms with van der Waals surface area (Å²) in [4.78, 5) is 24.5. The van der Waals surface area contributed by atoms with Gasteiger partial charge in [-0.1, -0.05) is 56.3 Å². The Kier molecular flexibility index (Phi) is 6.37. The number of amides is 1. The van der Waals surface area contributed by atoms with E-state index in [4.69, 9.17) is 9.15 Å². The van der Waals surface area contributed by atoms with Gasteiger partial charge in [0.05, 0.1) is 6.04 Å². The highest BCUT2D eigenvalue weighted by atomic mass is 16.5. The standard InChI is InChI=1S/C24H27NO4/c1-15(2)13-18-9-11-19(12-10-18)17(4)25-22(26)14-28-24(27)23-16(3)20-7-5-6-8-21(20)29-23/h5-12,15,17H,13-14H2,1-4H3,(H,25,26)/t17-/m1/s1. The molecule has 0 aliphatic rings. The summed E-state index contributed by atoms with van der Waals surface area (Å²) in [5, 5.41) is 3.72. The van der Waals surface area contributed by atoms with Gasteiger partial charge in [0.2, 0.25) is 5.76 Å². The van der Waals surface area contributed by atoms with Crippen LogP contribution in [0.1, 0.15) is 54.1 Å². The number of hydrogen-bond acceptors (Lipinski definition) is 4. The van der Waals surface area contributed by atoms with Crippen molar-refractivity contribution in [1.82, 2.24) is 5.32 Å². The first-order valence-electron chi connectivity index (χ1n) is 9.88. The number of esters is 1. The summed E-state index contributed by atoms with van der Waals surface area (Å²) in [5.74, 6) is -0.263. The van der Waals surface area contributed by atoms with Gasteiger partial charge in [-0.15, -0.1) is 0 Å². The summed E-state index contributed by atoms with van der Waals surface area (Å²) in [6.07, 6.45) is 1.03. The van der Waals surface area contributed by atoms with Gasteiger partial charge in [0.25, 0.3) is 5.91 Å². The van der Waals surface area contributed by atoms with Crippen molar-refractivity contribution in [3.8, 4) is 0 Å². The third-order valence-corrected chi connectivity index (χ3v) is 4.86. The molecule has 3 rings (SSSR count). The average Bonchev–Trinajstić information content (AvgIpc) is 3.03. The fourth-order valence-corrected chi connectivity index (χ4v) is 3.35. The molecule has 0 spiro atoms. The number of fused-ring (bicyclic) bond motifs is 1. The average molecular weight is 393 g/mol. The molecule has 1 amide bonds. The van der Waals surface area contributed by atoms with Crippen molar-refractivity contribution >= 4 is 22.8 Å². The van der Waals surface area contributed by atoms with Crippen molar-refractivity contribution in [2.24, 2.45) is 5.92 Å². The van der Waals surface area contributed by atoms with E-state index >= 15 is 0 Å². The third-order valence-electron chi connectivity index (χ3n) is 4.86. The first kappa shape index (κ1) is 20.6. The van der Waals surface area contributed by atoms with Crippen LogP contribution in [0.2, 0.25) is 0 Å². The molecule has 0 fully saturated rings. The molecule has 0 unspecified atom stereocenters. The Morgan fingerprint density at radius 1 is 1.03 bits per heavy atom. The number of hydrogen-bond donors (Lipinski definition) is 1. The second-order valence-corrected chi connectivity index (χ2v) is 7.76. The number of para-hydroxylation sites is 1. The summed E-state index contributed by atoms with van der Waals surface area (Å²) < 4.78 is 10.7. The Bertz CT molecular complexity index is 1000. The van der Waals surface area contributed by atoms with E-state index in [1.165, 1.54) is 5.56 Å². The van der Waals surface area contributed by atoms with Crippen LogP contribution in [-0.2, 0) is 16.0 Å². The molecule has 0 bridgehead atoms. The van der Waals surface area contributed by atoms with E-state index in [1.807, 2.05) is 37.3 Å². The quantitative estimate of drug-likeness (QED) is 0.575. The van der Waals surface area contributed by atoms with Gasteiger partial charge in [-0.25, -0.2) is 4.79 Å². The van der Waals surface area contributed by atoms with Crippen molar-refractivity contribution in [3.63, 3.8) is 0 Å². The molecule has 0 aliphatic heterocycles. The summed E-state index contributed by atoms with van der Waals surface area (Å²) in [6, 6.07) is 15.4. The molecule has 0 saturated carbocycles. The van der Waals surface area contributed by atoms with E-state index in [0.29, 0.717) is 17.1 Å². The molecule has 1 aromatic heterocycles. The number of rotatable bonds is 7. The zero-order valence-corrected chi connectivity index (χ0v) is 17.3. The second-order valence-electron chi connectivity index (χ2n) is 7.76. The monoisotopic (exact) mass is 393 g/mol. The first-order valence-corrected chi connectivity index (χ1v) is 9.88. The molecule has 0 aliphatic carbocycles. The molecule has 0 saturated heterocycles. The highest BCUT2D eigenvalue weighted by Gasteiger charge is 2.20. The van der Waals surface area contributed by atoms with Gasteiger partial charge in [0.1, 0.15) is 5.58 Å². The van der Waals surface area contributed by atoms with E-state index in [0.717, 1.165) is 17.4 Å². The molecule has 5 nitrogen and oxygen atoms in total. The molecular weight excluding hydrogens is 366 g/mol. The number of nitrogens with one attached hydrogen (secondary N) is 1. The molecular formula is C24H27NO4. The maximum Gasteiger partial charge on any atom is 0.375 e. The van der Waals surface area contributed by atoms with E-state index in [1.54, 1.807) is 13.0 Å². The van der Waals surface area contributed by atoms with Crippen molar-refractivity contribution < 1.29 is 18.7 Å². The maximum atomic E-state index is 12.3. The van der Waals surface area contributed by atoms with Crippen LogP contribution in [0, 0.1) is 12.8 Å². The zero-order valence-electron chi connectivity index (χ0n) is 17.3. The van der Waals surface area contributed by atoms with E-state index < -0.39 is 5.97 Å². The largest absolute Gasteiger partial charge is 0.450 e. The second kappa shape index (κ2) is 8.95. The van der Waals surface area contributed by atoms with Gasteiger partial charge >= 0.3 is 5.97 Å². The van der Waals surface area contributed by atoms with Crippen LogP contribution in [0.4, 0.5) is 0 Å². The minimum atomic E-state index is -0.639. The Hall–Kier alpha value is -3.08. The molecule has 2 aromatic carbocycles. The summed E-state index contributed by atoms with van der Waals surface area (Å²) in [6.45, 7) is 7.72. The minimum Gasteiger partial charge on any atom is -0.450 e. The Balaban J connectivity index is 1.54. The fourth-order valence-electron chi connectivity index (χ4n) is 3.35. The summed E-state index contributed by atoms with van der Waals surface area (Å²) in [5.41, 5.74) is 3.61. The first-order chi connectivity index (χ1) is 13.8. The molecule has 1 atom stereocenters. The van der Waals surface area contributed by atoms with Crippen LogP contribution in [0.15, 0.2) is 52.9 Å². The fraction of sp³-hybridized carbons (Fsp3) is 0.333. The Morgan fingerprint density at radius 2 is 1.72 bits per heavy atom. The number of aryl methyl sites for hydroxylation is 1. The van der Waals surface area contributed by atoms with Gasteiger partial charge < -0.3 is 14.5 Å². The van der Waals surface area contributed by atoms with Crippen LogP contribution >= 0.6 is 0 Å². The normalized spacial score (nSPS) is 12.2. The Morgan fingerprint density at radius 3 is 2.38 bits per heavy atom. The number of furan rings is 1. The molecule has 3 aromatic rings. The number of benzene rings is 2. The van der Waals surface area contributed by atoms with Crippen LogP contribution in [0.5, 0.6) is 0 Å². The lowest BCUT2D eigenvalue weighted by atomic mass is 10.00. The van der Waals surface area contributed by atoms with Crippen molar-refractivity contribution in [1.29, 1.82) is 0 Å². The van der Waals surface area contributed by atoms with Gasteiger partial charge in [0, 0.05) is 10.9 Å².